The average molecular weight is 478 g/mol. The zero-order valence-corrected chi connectivity index (χ0v) is 24.2. The van der Waals surface area contributed by atoms with Gasteiger partial charge in [0.05, 0.1) is 0 Å². The molecular formula is C33H67N. The van der Waals surface area contributed by atoms with Crippen LogP contribution in [0.4, 0.5) is 0 Å². The van der Waals surface area contributed by atoms with Crippen molar-refractivity contribution in [1.29, 1.82) is 0 Å². The third kappa shape index (κ3) is 20.2. The molecule has 0 bridgehead atoms. The Kier molecular flexibility index (Phi) is 24.5. The highest BCUT2D eigenvalue weighted by molar-refractivity contribution is 4.74. The lowest BCUT2D eigenvalue weighted by molar-refractivity contribution is 0.144. The molecule has 1 heteroatoms. The van der Waals surface area contributed by atoms with Gasteiger partial charge in [-0.1, -0.05) is 168 Å². The molecule has 0 N–H and O–H groups in total. The molecule has 0 saturated carbocycles. The first-order valence-electron chi connectivity index (χ1n) is 16.6. The largest absolute Gasteiger partial charge is 0.300 e. The summed E-state index contributed by atoms with van der Waals surface area (Å²) in [6.07, 6.45) is 41.2. The maximum absolute atomic E-state index is 2.82. The molecule has 1 rings (SSSR count). The van der Waals surface area contributed by atoms with Crippen LogP contribution in [0.1, 0.15) is 194 Å². The van der Waals surface area contributed by atoms with Gasteiger partial charge in [0.2, 0.25) is 0 Å². The molecule has 0 aliphatic carbocycles. The van der Waals surface area contributed by atoms with Crippen molar-refractivity contribution < 1.29 is 0 Å². The number of likely N-dealkylation sites (tertiary alicyclic amines) is 1. The molecular weight excluding hydrogens is 410 g/mol. The van der Waals surface area contributed by atoms with Crippen molar-refractivity contribution in [2.45, 2.75) is 200 Å². The molecule has 1 aliphatic rings. The summed E-state index contributed by atoms with van der Waals surface area (Å²) in [7, 11) is 0. The van der Waals surface area contributed by atoms with Gasteiger partial charge in [0, 0.05) is 6.04 Å². The Morgan fingerprint density at radius 1 is 0.382 bits per heavy atom. The fraction of sp³-hybridized carbons (Fsp3) is 1.00. The van der Waals surface area contributed by atoms with Crippen LogP contribution in [-0.2, 0) is 0 Å². The first-order chi connectivity index (χ1) is 16.9. The smallest absolute Gasteiger partial charge is 0.00951 e. The van der Waals surface area contributed by atoms with E-state index in [1.165, 1.54) is 193 Å². The highest BCUT2D eigenvalue weighted by Gasteiger charge is 2.19. The summed E-state index contributed by atoms with van der Waals surface area (Å²) in [5.74, 6) is 0. The maximum atomic E-state index is 2.82. The molecule has 34 heavy (non-hydrogen) atoms. The molecule has 0 spiro atoms. The third-order valence-corrected chi connectivity index (χ3v) is 8.42. The second-order valence-electron chi connectivity index (χ2n) is 11.8. The van der Waals surface area contributed by atoms with Crippen LogP contribution in [0.3, 0.4) is 0 Å². The molecule has 1 aliphatic heterocycles. The zero-order chi connectivity index (χ0) is 24.4. The molecule has 0 amide bonds. The second kappa shape index (κ2) is 26.0. The fourth-order valence-corrected chi connectivity index (χ4v) is 6.11. The topological polar surface area (TPSA) is 3.24 Å². The number of rotatable bonds is 26. The summed E-state index contributed by atoms with van der Waals surface area (Å²) in [6, 6.07) is 0.899. The normalized spacial score (nSPS) is 15.7. The lowest BCUT2D eigenvalue weighted by atomic mass is 9.98. The number of hydrogen-bond acceptors (Lipinski definition) is 1. The van der Waals surface area contributed by atoms with Gasteiger partial charge in [0.25, 0.3) is 0 Å². The van der Waals surface area contributed by atoms with E-state index >= 15 is 0 Å². The van der Waals surface area contributed by atoms with Crippen LogP contribution >= 0.6 is 0 Å². The SMILES string of the molecule is CCCCCCCCCCCCCCCCCCCCCCCCC(CCC)N1CCCCC1. The van der Waals surface area contributed by atoms with Crippen molar-refractivity contribution in [1.82, 2.24) is 4.90 Å². The lowest BCUT2D eigenvalue weighted by Gasteiger charge is -2.34. The van der Waals surface area contributed by atoms with Gasteiger partial charge >= 0.3 is 0 Å². The summed E-state index contributed by atoms with van der Waals surface area (Å²) in [5, 5.41) is 0. The Morgan fingerprint density at radius 2 is 0.735 bits per heavy atom. The standard InChI is InChI=1S/C33H67N/c1-3-5-6-7-8-9-10-11-12-13-14-15-16-17-18-19-20-21-22-23-24-26-30-33(29-4-2)34-31-27-25-28-32-34/h33H,3-32H2,1-2H3. The minimum absolute atomic E-state index is 0.899. The van der Waals surface area contributed by atoms with Gasteiger partial charge in [-0.2, -0.15) is 0 Å². The van der Waals surface area contributed by atoms with Crippen LogP contribution in [0.25, 0.3) is 0 Å². The predicted molar refractivity (Wildman–Crippen MR) is 156 cm³/mol. The second-order valence-corrected chi connectivity index (χ2v) is 11.8. The van der Waals surface area contributed by atoms with Crippen LogP contribution < -0.4 is 0 Å². The maximum Gasteiger partial charge on any atom is 0.00951 e. The first-order valence-corrected chi connectivity index (χ1v) is 16.6. The molecule has 0 aromatic rings. The summed E-state index contributed by atoms with van der Waals surface area (Å²) in [6.45, 7) is 7.44. The molecule has 1 fully saturated rings. The highest BCUT2D eigenvalue weighted by atomic mass is 15.2. The van der Waals surface area contributed by atoms with Gasteiger partial charge in [-0.05, 0) is 38.8 Å². The molecule has 0 radical (unpaired) electrons. The molecule has 1 saturated heterocycles. The van der Waals surface area contributed by atoms with Gasteiger partial charge in [0.1, 0.15) is 0 Å². The molecule has 0 aromatic carbocycles. The fourth-order valence-electron chi connectivity index (χ4n) is 6.11. The van der Waals surface area contributed by atoms with Crippen molar-refractivity contribution >= 4 is 0 Å². The number of unbranched alkanes of at least 4 members (excludes halogenated alkanes) is 21. The van der Waals surface area contributed by atoms with Crippen LogP contribution in [-0.4, -0.2) is 24.0 Å². The minimum atomic E-state index is 0.899. The van der Waals surface area contributed by atoms with Gasteiger partial charge < -0.3 is 4.90 Å². The Labute approximate surface area is 217 Å². The van der Waals surface area contributed by atoms with E-state index in [9.17, 15) is 0 Å². The molecule has 1 unspecified atom stereocenters. The molecule has 1 atom stereocenters. The van der Waals surface area contributed by atoms with E-state index in [0.29, 0.717) is 0 Å². The zero-order valence-electron chi connectivity index (χ0n) is 24.2. The van der Waals surface area contributed by atoms with E-state index in [1.807, 2.05) is 0 Å². The van der Waals surface area contributed by atoms with E-state index in [-0.39, 0.29) is 0 Å². The highest BCUT2D eigenvalue weighted by Crippen LogP contribution is 2.21. The summed E-state index contributed by atoms with van der Waals surface area (Å²) >= 11 is 0. The molecule has 1 heterocycles. The Balaban J connectivity index is 1.74. The predicted octanol–water partition coefficient (Wildman–Crippen LogP) is 11.6. The quantitative estimate of drug-likeness (QED) is 0.112. The van der Waals surface area contributed by atoms with Crippen LogP contribution in [0.15, 0.2) is 0 Å². The monoisotopic (exact) mass is 478 g/mol. The lowest BCUT2D eigenvalue weighted by Crippen LogP contribution is -2.39. The van der Waals surface area contributed by atoms with Crippen molar-refractivity contribution in [3.05, 3.63) is 0 Å². The Bertz CT molecular complexity index is 373. The van der Waals surface area contributed by atoms with Crippen molar-refractivity contribution in [2.24, 2.45) is 0 Å². The summed E-state index contributed by atoms with van der Waals surface area (Å²) in [5.41, 5.74) is 0. The number of piperidine rings is 1. The van der Waals surface area contributed by atoms with E-state index in [4.69, 9.17) is 0 Å². The van der Waals surface area contributed by atoms with Crippen molar-refractivity contribution in [3.63, 3.8) is 0 Å². The summed E-state index contributed by atoms with van der Waals surface area (Å²) < 4.78 is 0. The van der Waals surface area contributed by atoms with Crippen LogP contribution in [0.5, 0.6) is 0 Å². The van der Waals surface area contributed by atoms with Crippen LogP contribution in [0.2, 0.25) is 0 Å². The van der Waals surface area contributed by atoms with Gasteiger partial charge in [-0.25, -0.2) is 0 Å². The molecule has 204 valence electrons. The first kappa shape index (κ1) is 32.0. The van der Waals surface area contributed by atoms with Crippen molar-refractivity contribution in [3.8, 4) is 0 Å². The van der Waals surface area contributed by atoms with Gasteiger partial charge in [-0.15, -0.1) is 0 Å². The average Bonchev–Trinajstić information content (AvgIpc) is 2.87. The minimum Gasteiger partial charge on any atom is -0.300 e. The molecule has 1 nitrogen and oxygen atoms in total. The van der Waals surface area contributed by atoms with E-state index in [0.717, 1.165) is 6.04 Å². The van der Waals surface area contributed by atoms with Crippen molar-refractivity contribution in [2.75, 3.05) is 13.1 Å². The van der Waals surface area contributed by atoms with Gasteiger partial charge in [0.15, 0.2) is 0 Å². The van der Waals surface area contributed by atoms with E-state index in [1.54, 1.807) is 0 Å². The third-order valence-electron chi connectivity index (χ3n) is 8.42. The number of nitrogens with zero attached hydrogens (tertiary/aromatic N) is 1. The van der Waals surface area contributed by atoms with E-state index in [2.05, 4.69) is 18.7 Å². The summed E-state index contributed by atoms with van der Waals surface area (Å²) in [4.78, 5) is 2.82. The number of hydrogen-bond donors (Lipinski definition) is 0. The van der Waals surface area contributed by atoms with Gasteiger partial charge in [-0.3, -0.25) is 0 Å². The van der Waals surface area contributed by atoms with Crippen LogP contribution in [0, 0.1) is 0 Å². The Morgan fingerprint density at radius 3 is 1.09 bits per heavy atom. The molecule has 0 aromatic heterocycles. The Hall–Kier alpha value is -0.0400. The van der Waals surface area contributed by atoms with E-state index < -0.39 is 0 Å².